The summed E-state index contributed by atoms with van der Waals surface area (Å²) < 4.78 is 6.04. The fourth-order valence-electron chi connectivity index (χ4n) is 1.26. The average molecular weight is 257 g/mol. The van der Waals surface area contributed by atoms with Gasteiger partial charge in [-0.15, -0.1) is 0 Å². The molecule has 1 aromatic carbocycles. The maximum absolute atomic E-state index is 8.54. The Labute approximate surface area is 107 Å². The molecular weight excluding hydrogens is 250 g/mol. The van der Waals surface area contributed by atoms with E-state index in [9.17, 15) is 0 Å². The molecule has 0 saturated carbocycles. The lowest BCUT2D eigenvalue weighted by atomic mass is 10.3. The molecule has 88 valence electrons. The SMILES string of the molecule is COc1ccc2nc(NN=C(C#N)C#N)sc2c1. The van der Waals surface area contributed by atoms with Crippen molar-refractivity contribution in [3.8, 4) is 17.9 Å². The van der Waals surface area contributed by atoms with E-state index < -0.39 is 0 Å². The third kappa shape index (κ3) is 2.37. The smallest absolute Gasteiger partial charge is 0.237 e. The lowest BCUT2D eigenvalue weighted by Gasteiger charge is -1.96. The first-order valence-electron chi connectivity index (χ1n) is 4.85. The maximum Gasteiger partial charge on any atom is 0.237 e. The van der Waals surface area contributed by atoms with Crippen LogP contribution in [-0.4, -0.2) is 17.8 Å². The van der Waals surface area contributed by atoms with Gasteiger partial charge < -0.3 is 4.74 Å². The molecule has 6 nitrogen and oxygen atoms in total. The molecule has 0 unspecified atom stereocenters. The van der Waals surface area contributed by atoms with Gasteiger partial charge in [-0.05, 0) is 18.2 Å². The molecule has 0 aliphatic carbocycles. The Morgan fingerprint density at radius 2 is 2.22 bits per heavy atom. The fraction of sp³-hybridized carbons (Fsp3) is 0.0909. The minimum Gasteiger partial charge on any atom is -0.497 e. The normalized spacial score (nSPS) is 9.28. The van der Waals surface area contributed by atoms with Crippen molar-refractivity contribution >= 4 is 32.4 Å². The number of fused-ring (bicyclic) bond motifs is 1. The molecule has 2 aromatic rings. The predicted octanol–water partition coefficient (Wildman–Crippen LogP) is 2.12. The number of anilines is 1. The number of thiazole rings is 1. The molecule has 1 heterocycles. The Balaban J connectivity index is 2.29. The number of aromatic nitrogens is 1. The number of methoxy groups -OCH3 is 1. The van der Waals surface area contributed by atoms with Crippen LogP contribution in [-0.2, 0) is 0 Å². The van der Waals surface area contributed by atoms with E-state index in [4.69, 9.17) is 15.3 Å². The largest absolute Gasteiger partial charge is 0.497 e. The third-order valence-corrected chi connectivity index (χ3v) is 2.99. The summed E-state index contributed by atoms with van der Waals surface area (Å²) >= 11 is 1.36. The summed E-state index contributed by atoms with van der Waals surface area (Å²) in [7, 11) is 1.60. The van der Waals surface area contributed by atoms with Crippen molar-refractivity contribution in [1.82, 2.24) is 4.98 Å². The van der Waals surface area contributed by atoms with Gasteiger partial charge in [0.15, 0.2) is 0 Å². The predicted molar refractivity (Wildman–Crippen MR) is 68.5 cm³/mol. The highest BCUT2D eigenvalue weighted by atomic mass is 32.1. The molecule has 1 aromatic heterocycles. The van der Waals surface area contributed by atoms with Gasteiger partial charge in [0.25, 0.3) is 0 Å². The van der Waals surface area contributed by atoms with Crippen LogP contribution < -0.4 is 10.2 Å². The topological polar surface area (TPSA) is 94.1 Å². The lowest BCUT2D eigenvalue weighted by Crippen LogP contribution is -1.95. The van der Waals surface area contributed by atoms with E-state index in [1.165, 1.54) is 11.3 Å². The van der Waals surface area contributed by atoms with Crippen LogP contribution in [0.2, 0.25) is 0 Å². The Kier molecular flexibility index (Phi) is 3.37. The molecule has 0 spiro atoms. The second-order valence-corrected chi connectivity index (χ2v) is 4.18. The average Bonchev–Trinajstić information content (AvgIpc) is 2.81. The number of nitrogens with one attached hydrogen (secondary N) is 1. The van der Waals surface area contributed by atoms with Crippen molar-refractivity contribution in [1.29, 1.82) is 10.5 Å². The zero-order chi connectivity index (χ0) is 13.0. The van der Waals surface area contributed by atoms with Gasteiger partial charge >= 0.3 is 0 Å². The molecule has 1 N–H and O–H groups in total. The van der Waals surface area contributed by atoms with Crippen molar-refractivity contribution in [2.75, 3.05) is 12.5 Å². The van der Waals surface area contributed by atoms with Gasteiger partial charge in [0, 0.05) is 0 Å². The highest BCUT2D eigenvalue weighted by Crippen LogP contribution is 2.28. The summed E-state index contributed by atoms with van der Waals surface area (Å²) in [6, 6.07) is 8.81. The standard InChI is InChI=1S/C11H7N5OS/c1-17-8-2-3-9-10(4-8)18-11(14-9)16-15-7(5-12)6-13/h2-4H,1H3,(H,14,16). The Hall–Kier alpha value is -2.64. The molecule has 0 saturated heterocycles. The number of hydrogen-bond donors (Lipinski definition) is 1. The Morgan fingerprint density at radius 1 is 1.44 bits per heavy atom. The zero-order valence-corrected chi connectivity index (χ0v) is 10.2. The zero-order valence-electron chi connectivity index (χ0n) is 9.34. The fourth-order valence-corrected chi connectivity index (χ4v) is 2.10. The van der Waals surface area contributed by atoms with Crippen LogP contribution in [0.15, 0.2) is 23.3 Å². The number of ether oxygens (including phenoxy) is 1. The number of hydrogen-bond acceptors (Lipinski definition) is 7. The molecule has 0 amide bonds. The summed E-state index contributed by atoms with van der Waals surface area (Å²) in [6.45, 7) is 0. The van der Waals surface area contributed by atoms with Gasteiger partial charge in [0.05, 0.1) is 17.3 Å². The highest BCUT2D eigenvalue weighted by Gasteiger charge is 2.04. The molecule has 0 atom stereocenters. The first-order valence-corrected chi connectivity index (χ1v) is 5.67. The molecule has 7 heteroatoms. The number of benzene rings is 1. The van der Waals surface area contributed by atoms with Gasteiger partial charge in [-0.25, -0.2) is 4.98 Å². The van der Waals surface area contributed by atoms with E-state index in [0.717, 1.165) is 16.0 Å². The second-order valence-electron chi connectivity index (χ2n) is 3.15. The first kappa shape index (κ1) is 11.8. The molecular formula is C11H7N5OS. The van der Waals surface area contributed by atoms with E-state index in [2.05, 4.69) is 15.5 Å². The third-order valence-electron chi connectivity index (χ3n) is 2.07. The summed E-state index contributed by atoms with van der Waals surface area (Å²) in [5.74, 6) is 0.746. The van der Waals surface area contributed by atoms with Gasteiger partial charge in [0.2, 0.25) is 10.8 Å². The van der Waals surface area contributed by atoms with E-state index in [0.29, 0.717) is 5.13 Å². The number of nitriles is 2. The van der Waals surface area contributed by atoms with Crippen molar-refractivity contribution in [2.45, 2.75) is 0 Å². The number of hydrazone groups is 1. The molecule has 18 heavy (non-hydrogen) atoms. The van der Waals surface area contributed by atoms with Gasteiger partial charge in [-0.1, -0.05) is 11.3 Å². The molecule has 0 radical (unpaired) electrons. The summed E-state index contributed by atoms with van der Waals surface area (Å²) in [4.78, 5) is 4.25. The van der Waals surface area contributed by atoms with Crippen LogP contribution in [0.5, 0.6) is 5.75 Å². The van der Waals surface area contributed by atoms with E-state index in [-0.39, 0.29) is 5.71 Å². The number of nitrogens with zero attached hydrogens (tertiary/aromatic N) is 4. The van der Waals surface area contributed by atoms with Crippen LogP contribution in [0.3, 0.4) is 0 Å². The summed E-state index contributed by atoms with van der Waals surface area (Å²) in [6.07, 6.45) is 0. The van der Waals surface area contributed by atoms with Crippen molar-refractivity contribution in [3.63, 3.8) is 0 Å². The Morgan fingerprint density at radius 3 is 2.89 bits per heavy atom. The highest BCUT2D eigenvalue weighted by molar-refractivity contribution is 7.22. The van der Waals surface area contributed by atoms with Crippen LogP contribution in [0.1, 0.15) is 0 Å². The molecule has 2 rings (SSSR count). The first-order chi connectivity index (χ1) is 8.76. The van der Waals surface area contributed by atoms with E-state index >= 15 is 0 Å². The van der Waals surface area contributed by atoms with Crippen LogP contribution in [0.4, 0.5) is 5.13 Å². The maximum atomic E-state index is 8.54. The molecule has 0 bridgehead atoms. The van der Waals surface area contributed by atoms with Crippen LogP contribution in [0, 0.1) is 22.7 Å². The van der Waals surface area contributed by atoms with Crippen molar-refractivity contribution in [2.24, 2.45) is 5.10 Å². The molecule has 0 aliphatic rings. The number of rotatable bonds is 3. The quantitative estimate of drug-likeness (QED) is 0.671. The van der Waals surface area contributed by atoms with E-state index in [1.807, 2.05) is 18.2 Å². The summed E-state index contributed by atoms with van der Waals surface area (Å²) in [5.41, 5.74) is 3.14. The van der Waals surface area contributed by atoms with Crippen molar-refractivity contribution in [3.05, 3.63) is 18.2 Å². The summed E-state index contributed by atoms with van der Waals surface area (Å²) in [5, 5.41) is 21.2. The lowest BCUT2D eigenvalue weighted by molar-refractivity contribution is 0.415. The molecule has 0 aliphatic heterocycles. The van der Waals surface area contributed by atoms with Crippen LogP contribution in [0.25, 0.3) is 10.2 Å². The van der Waals surface area contributed by atoms with Gasteiger partial charge in [0.1, 0.15) is 17.9 Å². The van der Waals surface area contributed by atoms with Gasteiger partial charge in [-0.2, -0.15) is 15.6 Å². The monoisotopic (exact) mass is 257 g/mol. The van der Waals surface area contributed by atoms with Crippen molar-refractivity contribution < 1.29 is 4.74 Å². The second kappa shape index (κ2) is 5.13. The van der Waals surface area contributed by atoms with E-state index in [1.54, 1.807) is 19.2 Å². The van der Waals surface area contributed by atoms with Crippen LogP contribution >= 0.6 is 11.3 Å². The molecule has 0 fully saturated rings. The van der Waals surface area contributed by atoms with Gasteiger partial charge in [-0.3, -0.25) is 5.43 Å². The minimum absolute atomic E-state index is 0.244. The minimum atomic E-state index is -0.244. The Bertz CT molecular complexity index is 676.